The van der Waals surface area contributed by atoms with Crippen LogP contribution >= 0.6 is 11.6 Å². The van der Waals surface area contributed by atoms with Crippen LogP contribution in [-0.4, -0.2) is 9.78 Å². The Balaban J connectivity index is 2.58. The average molecular weight is 233 g/mol. The number of aryl methyl sites for hydroxylation is 1. The molecule has 0 aliphatic heterocycles. The molecule has 1 aromatic carbocycles. The molecule has 2 aromatic rings. The smallest absolute Gasteiger partial charge is 0.0691 e. The Bertz CT molecular complexity index is 520. The average Bonchev–Trinajstić information content (AvgIpc) is 2.63. The summed E-state index contributed by atoms with van der Waals surface area (Å²) in [5, 5.41) is 5.01. The standard InChI is InChI=1S/C13H13ClN2/c1-9(2)13-4-5-15-16(13)12-7-10(3)6-11(14)8-12/h4-8H,1H2,2-3H3. The lowest BCUT2D eigenvalue weighted by atomic mass is 10.2. The Hall–Kier alpha value is -1.54. The Labute approximate surface area is 100 Å². The highest BCUT2D eigenvalue weighted by atomic mass is 35.5. The van der Waals surface area contributed by atoms with Crippen molar-refractivity contribution in [2.75, 3.05) is 0 Å². The van der Waals surface area contributed by atoms with E-state index in [-0.39, 0.29) is 0 Å². The molecule has 0 bridgehead atoms. The minimum absolute atomic E-state index is 0.721. The molecule has 0 amide bonds. The van der Waals surface area contributed by atoms with Crippen LogP contribution in [0.4, 0.5) is 0 Å². The van der Waals surface area contributed by atoms with E-state index in [1.807, 2.05) is 42.8 Å². The van der Waals surface area contributed by atoms with Crippen LogP contribution in [0.2, 0.25) is 5.02 Å². The van der Waals surface area contributed by atoms with Gasteiger partial charge in [-0.3, -0.25) is 0 Å². The molecule has 0 aliphatic carbocycles. The fraction of sp³-hybridized carbons (Fsp3) is 0.154. The molecule has 16 heavy (non-hydrogen) atoms. The molecule has 0 fully saturated rings. The van der Waals surface area contributed by atoms with Crippen molar-refractivity contribution < 1.29 is 0 Å². The van der Waals surface area contributed by atoms with Gasteiger partial charge in [-0.1, -0.05) is 18.2 Å². The van der Waals surface area contributed by atoms with Gasteiger partial charge in [0.2, 0.25) is 0 Å². The monoisotopic (exact) mass is 232 g/mol. The van der Waals surface area contributed by atoms with E-state index in [1.54, 1.807) is 6.20 Å². The van der Waals surface area contributed by atoms with Crippen molar-refractivity contribution in [1.82, 2.24) is 9.78 Å². The van der Waals surface area contributed by atoms with Crippen molar-refractivity contribution in [2.45, 2.75) is 13.8 Å². The van der Waals surface area contributed by atoms with E-state index in [0.29, 0.717) is 0 Å². The molecule has 0 saturated carbocycles. The van der Waals surface area contributed by atoms with E-state index < -0.39 is 0 Å². The highest BCUT2D eigenvalue weighted by Gasteiger charge is 2.06. The van der Waals surface area contributed by atoms with Gasteiger partial charge in [-0.25, -0.2) is 4.68 Å². The maximum Gasteiger partial charge on any atom is 0.0691 e. The second-order valence-electron chi connectivity index (χ2n) is 3.90. The van der Waals surface area contributed by atoms with Crippen LogP contribution in [0, 0.1) is 6.92 Å². The first-order valence-electron chi connectivity index (χ1n) is 5.05. The van der Waals surface area contributed by atoms with Gasteiger partial charge in [-0.15, -0.1) is 0 Å². The van der Waals surface area contributed by atoms with Crippen LogP contribution in [0.25, 0.3) is 11.3 Å². The summed E-state index contributed by atoms with van der Waals surface area (Å²) in [6, 6.07) is 7.81. The molecule has 0 unspecified atom stereocenters. The number of allylic oxidation sites excluding steroid dienone is 1. The van der Waals surface area contributed by atoms with Gasteiger partial charge in [0.15, 0.2) is 0 Å². The number of hydrogen-bond acceptors (Lipinski definition) is 1. The van der Waals surface area contributed by atoms with Gasteiger partial charge in [0.1, 0.15) is 0 Å². The van der Waals surface area contributed by atoms with Crippen LogP contribution in [-0.2, 0) is 0 Å². The summed E-state index contributed by atoms with van der Waals surface area (Å²) in [5.41, 5.74) is 4.07. The van der Waals surface area contributed by atoms with Gasteiger partial charge in [0.05, 0.1) is 17.6 Å². The van der Waals surface area contributed by atoms with Gasteiger partial charge >= 0.3 is 0 Å². The summed E-state index contributed by atoms with van der Waals surface area (Å²) in [6.07, 6.45) is 1.76. The van der Waals surface area contributed by atoms with E-state index in [0.717, 1.165) is 27.5 Å². The first kappa shape index (κ1) is 11.0. The number of halogens is 1. The molecule has 0 atom stereocenters. The lowest BCUT2D eigenvalue weighted by molar-refractivity contribution is 0.865. The first-order chi connectivity index (χ1) is 7.58. The molecular weight excluding hydrogens is 220 g/mol. The van der Waals surface area contributed by atoms with Crippen molar-refractivity contribution in [3.05, 3.63) is 53.3 Å². The molecule has 0 saturated heterocycles. The maximum absolute atomic E-state index is 6.04. The molecular formula is C13H13ClN2. The molecule has 1 heterocycles. The fourth-order valence-electron chi connectivity index (χ4n) is 1.67. The third kappa shape index (κ3) is 2.02. The number of hydrogen-bond donors (Lipinski definition) is 0. The largest absolute Gasteiger partial charge is 0.233 e. The van der Waals surface area contributed by atoms with Gasteiger partial charge in [-0.05, 0) is 49.2 Å². The number of benzene rings is 1. The number of nitrogens with zero attached hydrogens (tertiary/aromatic N) is 2. The second-order valence-corrected chi connectivity index (χ2v) is 4.33. The Morgan fingerprint density at radius 1 is 1.38 bits per heavy atom. The summed E-state index contributed by atoms with van der Waals surface area (Å²) < 4.78 is 1.85. The molecule has 0 radical (unpaired) electrons. The normalized spacial score (nSPS) is 10.4. The van der Waals surface area contributed by atoms with Crippen molar-refractivity contribution in [2.24, 2.45) is 0 Å². The van der Waals surface area contributed by atoms with E-state index in [1.165, 1.54) is 0 Å². The minimum Gasteiger partial charge on any atom is -0.233 e. The van der Waals surface area contributed by atoms with Gasteiger partial charge in [0.25, 0.3) is 0 Å². The van der Waals surface area contributed by atoms with Crippen LogP contribution in [0.1, 0.15) is 18.2 Å². The SMILES string of the molecule is C=C(C)c1ccnn1-c1cc(C)cc(Cl)c1. The van der Waals surface area contributed by atoms with Crippen LogP contribution in [0.5, 0.6) is 0 Å². The summed E-state index contributed by atoms with van der Waals surface area (Å²) >= 11 is 6.04. The Morgan fingerprint density at radius 3 is 2.75 bits per heavy atom. The third-order valence-corrected chi connectivity index (χ3v) is 2.57. The van der Waals surface area contributed by atoms with Crippen molar-refractivity contribution >= 4 is 17.2 Å². The predicted molar refractivity (Wildman–Crippen MR) is 68.0 cm³/mol. The zero-order chi connectivity index (χ0) is 11.7. The molecule has 0 aliphatic rings. The van der Waals surface area contributed by atoms with Gasteiger partial charge < -0.3 is 0 Å². The van der Waals surface area contributed by atoms with Crippen LogP contribution in [0.3, 0.4) is 0 Å². The molecule has 2 nitrogen and oxygen atoms in total. The van der Waals surface area contributed by atoms with E-state index in [9.17, 15) is 0 Å². The van der Waals surface area contributed by atoms with E-state index in [2.05, 4.69) is 11.7 Å². The lowest BCUT2D eigenvalue weighted by Gasteiger charge is -2.08. The van der Waals surface area contributed by atoms with Crippen molar-refractivity contribution in [3.63, 3.8) is 0 Å². The zero-order valence-electron chi connectivity index (χ0n) is 9.37. The second kappa shape index (κ2) is 4.14. The Morgan fingerprint density at radius 2 is 2.12 bits per heavy atom. The minimum atomic E-state index is 0.721. The summed E-state index contributed by atoms with van der Waals surface area (Å²) in [4.78, 5) is 0. The van der Waals surface area contributed by atoms with Crippen molar-refractivity contribution in [1.29, 1.82) is 0 Å². The molecule has 0 spiro atoms. The third-order valence-electron chi connectivity index (χ3n) is 2.35. The number of rotatable bonds is 2. The predicted octanol–water partition coefficient (Wildman–Crippen LogP) is 3.87. The highest BCUT2D eigenvalue weighted by molar-refractivity contribution is 6.30. The summed E-state index contributed by atoms with van der Waals surface area (Å²) in [5.74, 6) is 0. The Kier molecular flexibility index (Phi) is 2.84. The fourth-order valence-corrected chi connectivity index (χ4v) is 1.96. The van der Waals surface area contributed by atoms with Crippen LogP contribution in [0.15, 0.2) is 37.0 Å². The topological polar surface area (TPSA) is 17.8 Å². The number of aromatic nitrogens is 2. The van der Waals surface area contributed by atoms with E-state index in [4.69, 9.17) is 11.6 Å². The van der Waals surface area contributed by atoms with Crippen LogP contribution < -0.4 is 0 Å². The zero-order valence-corrected chi connectivity index (χ0v) is 10.1. The first-order valence-corrected chi connectivity index (χ1v) is 5.43. The summed E-state index contributed by atoms with van der Waals surface area (Å²) in [7, 11) is 0. The summed E-state index contributed by atoms with van der Waals surface area (Å²) in [6.45, 7) is 7.91. The molecule has 2 rings (SSSR count). The molecule has 1 aromatic heterocycles. The quantitative estimate of drug-likeness (QED) is 0.769. The van der Waals surface area contributed by atoms with Gasteiger partial charge in [0, 0.05) is 5.02 Å². The molecule has 82 valence electrons. The van der Waals surface area contributed by atoms with E-state index >= 15 is 0 Å². The van der Waals surface area contributed by atoms with Gasteiger partial charge in [-0.2, -0.15) is 5.10 Å². The highest BCUT2D eigenvalue weighted by Crippen LogP contribution is 2.21. The lowest BCUT2D eigenvalue weighted by Crippen LogP contribution is -2.00. The van der Waals surface area contributed by atoms with Crippen molar-refractivity contribution in [3.8, 4) is 5.69 Å². The molecule has 3 heteroatoms. The maximum atomic E-state index is 6.04. The molecule has 0 N–H and O–H groups in total.